The summed E-state index contributed by atoms with van der Waals surface area (Å²) < 4.78 is 5.32. The van der Waals surface area contributed by atoms with Crippen molar-refractivity contribution in [1.82, 2.24) is 0 Å². The van der Waals surface area contributed by atoms with Gasteiger partial charge >= 0.3 is 5.97 Å². The molecular weight excluding hydrogens is 272 g/mol. The first-order chi connectivity index (χ1) is 10.6. The van der Waals surface area contributed by atoms with Gasteiger partial charge in [-0.25, -0.2) is 0 Å². The number of carbonyl (C=O) groups is 1. The van der Waals surface area contributed by atoms with Gasteiger partial charge in [0.25, 0.3) is 0 Å². The topological polar surface area (TPSA) is 26.3 Å². The summed E-state index contributed by atoms with van der Waals surface area (Å²) in [5.41, 5.74) is 0. The lowest BCUT2D eigenvalue weighted by atomic mass is 9.69. The molecular formula is C20H30O2. The lowest BCUT2D eigenvalue weighted by Crippen LogP contribution is -2.28. The zero-order valence-electron chi connectivity index (χ0n) is 13.9. The van der Waals surface area contributed by atoms with Crippen molar-refractivity contribution >= 4 is 5.97 Å². The second kappa shape index (κ2) is 8.36. The van der Waals surface area contributed by atoms with Crippen molar-refractivity contribution in [3.63, 3.8) is 0 Å². The number of ether oxygens (including phenoxy) is 1. The summed E-state index contributed by atoms with van der Waals surface area (Å²) in [6.07, 6.45) is 15.0. The van der Waals surface area contributed by atoms with E-state index in [1.54, 1.807) is 18.2 Å². The van der Waals surface area contributed by atoms with Gasteiger partial charge in [0, 0.05) is 0 Å². The smallest absolute Gasteiger partial charge is 0.314 e. The number of hydrogen-bond donors (Lipinski definition) is 0. The largest absolute Gasteiger partial charge is 0.427 e. The normalized spacial score (nSPS) is 32.6. The zero-order valence-corrected chi connectivity index (χ0v) is 13.9. The molecule has 22 heavy (non-hydrogen) atoms. The predicted octanol–water partition coefficient (Wildman–Crippen LogP) is 5.42. The van der Waals surface area contributed by atoms with Crippen molar-refractivity contribution in [1.29, 1.82) is 0 Å². The summed E-state index contributed by atoms with van der Waals surface area (Å²) in [4.78, 5) is 12.2. The van der Waals surface area contributed by atoms with E-state index in [1.807, 2.05) is 0 Å². The quantitative estimate of drug-likeness (QED) is 0.385. The fourth-order valence-electron chi connectivity index (χ4n) is 4.01. The van der Waals surface area contributed by atoms with Crippen LogP contribution in [0.1, 0.15) is 58.3 Å². The van der Waals surface area contributed by atoms with Crippen LogP contribution in [-0.4, -0.2) is 5.97 Å². The number of esters is 1. The lowest BCUT2D eigenvalue weighted by molar-refractivity contribution is -0.145. The third kappa shape index (κ3) is 4.86. The molecule has 0 aromatic carbocycles. The highest BCUT2D eigenvalue weighted by Crippen LogP contribution is 2.41. The van der Waals surface area contributed by atoms with E-state index in [0.29, 0.717) is 5.76 Å². The van der Waals surface area contributed by atoms with Gasteiger partial charge in [-0.05, 0) is 62.4 Å². The summed E-state index contributed by atoms with van der Waals surface area (Å²) in [6.45, 7) is 9.71. The highest BCUT2D eigenvalue weighted by molar-refractivity contribution is 5.73. The molecule has 2 rings (SSSR count). The van der Waals surface area contributed by atoms with Crippen LogP contribution in [0, 0.1) is 23.7 Å². The Morgan fingerprint density at radius 2 is 1.55 bits per heavy atom. The van der Waals surface area contributed by atoms with E-state index in [9.17, 15) is 4.79 Å². The van der Waals surface area contributed by atoms with Crippen LogP contribution in [0.25, 0.3) is 0 Å². The molecule has 2 aliphatic rings. The van der Waals surface area contributed by atoms with Crippen molar-refractivity contribution in [2.24, 2.45) is 23.7 Å². The Labute approximate surface area is 135 Å². The predicted molar refractivity (Wildman–Crippen MR) is 91.1 cm³/mol. The molecule has 2 fully saturated rings. The van der Waals surface area contributed by atoms with Gasteiger partial charge in [0.05, 0.1) is 5.92 Å². The first-order valence-electron chi connectivity index (χ1n) is 8.79. The Hall–Kier alpha value is -1.31. The molecule has 0 aromatic rings. The van der Waals surface area contributed by atoms with Gasteiger partial charge in [0.1, 0.15) is 5.76 Å². The van der Waals surface area contributed by atoms with Crippen LogP contribution in [-0.2, 0) is 9.53 Å². The minimum absolute atomic E-state index is 0.0626. The van der Waals surface area contributed by atoms with E-state index in [-0.39, 0.29) is 11.9 Å². The second-order valence-corrected chi connectivity index (χ2v) is 7.11. The van der Waals surface area contributed by atoms with Crippen LogP contribution in [0.2, 0.25) is 0 Å². The molecule has 0 saturated heterocycles. The average Bonchev–Trinajstić information content (AvgIpc) is 2.54. The van der Waals surface area contributed by atoms with Crippen LogP contribution < -0.4 is 0 Å². The van der Waals surface area contributed by atoms with E-state index in [1.165, 1.54) is 38.5 Å². The number of rotatable bonds is 5. The number of allylic oxidation sites excluding steroid dienone is 3. The summed E-state index contributed by atoms with van der Waals surface area (Å²) in [7, 11) is 0. The van der Waals surface area contributed by atoms with Gasteiger partial charge in [0.15, 0.2) is 0 Å². The summed E-state index contributed by atoms with van der Waals surface area (Å²) >= 11 is 0. The van der Waals surface area contributed by atoms with E-state index in [2.05, 4.69) is 20.1 Å². The first-order valence-corrected chi connectivity index (χ1v) is 8.79. The van der Waals surface area contributed by atoms with Crippen LogP contribution in [0.4, 0.5) is 0 Å². The Balaban J connectivity index is 1.74. The highest BCUT2D eigenvalue weighted by Gasteiger charge is 2.32. The Kier molecular flexibility index (Phi) is 6.48. The Morgan fingerprint density at radius 1 is 1.00 bits per heavy atom. The third-order valence-corrected chi connectivity index (χ3v) is 5.48. The van der Waals surface area contributed by atoms with Gasteiger partial charge in [-0.1, -0.05) is 45.1 Å². The van der Waals surface area contributed by atoms with Crippen molar-refractivity contribution in [2.75, 3.05) is 0 Å². The monoisotopic (exact) mass is 302 g/mol. The van der Waals surface area contributed by atoms with Crippen LogP contribution >= 0.6 is 0 Å². The Morgan fingerprint density at radius 3 is 2.09 bits per heavy atom. The second-order valence-electron chi connectivity index (χ2n) is 7.11. The van der Waals surface area contributed by atoms with Crippen LogP contribution in [0.3, 0.4) is 0 Å². The van der Waals surface area contributed by atoms with Gasteiger partial charge in [-0.2, -0.15) is 0 Å². The first kappa shape index (κ1) is 17.1. The van der Waals surface area contributed by atoms with Crippen molar-refractivity contribution in [3.05, 3.63) is 37.1 Å². The molecule has 0 amide bonds. The molecule has 0 aliphatic heterocycles. The minimum atomic E-state index is -0.102. The molecule has 0 aromatic heterocycles. The maximum atomic E-state index is 12.2. The standard InChI is InChI=1S/C20H30O2/c1-4-5-6-16(3)22-20(21)19-13-11-18(12-14-19)17-9-7-15(2)8-10-17/h4-6,15,17-19H,1,3,7-14H2,2H3/b6-5-. The molecule has 0 radical (unpaired) electrons. The summed E-state index contributed by atoms with van der Waals surface area (Å²) in [5.74, 6) is 3.02. The fourth-order valence-corrected chi connectivity index (χ4v) is 4.01. The summed E-state index contributed by atoms with van der Waals surface area (Å²) in [5, 5.41) is 0. The molecule has 0 unspecified atom stereocenters. The molecule has 0 N–H and O–H groups in total. The molecule has 0 atom stereocenters. The average molecular weight is 302 g/mol. The molecule has 2 heteroatoms. The molecule has 0 spiro atoms. The molecule has 0 bridgehead atoms. The fraction of sp³-hybridized carbons (Fsp3) is 0.650. The number of carbonyl (C=O) groups excluding carboxylic acids is 1. The highest BCUT2D eigenvalue weighted by atomic mass is 16.5. The minimum Gasteiger partial charge on any atom is -0.427 e. The van der Waals surface area contributed by atoms with Gasteiger partial charge in [-0.15, -0.1) is 0 Å². The summed E-state index contributed by atoms with van der Waals surface area (Å²) in [6, 6.07) is 0. The van der Waals surface area contributed by atoms with Crippen LogP contribution in [0.5, 0.6) is 0 Å². The molecule has 122 valence electrons. The van der Waals surface area contributed by atoms with Gasteiger partial charge in [-0.3, -0.25) is 4.79 Å². The van der Waals surface area contributed by atoms with Crippen molar-refractivity contribution < 1.29 is 9.53 Å². The van der Waals surface area contributed by atoms with Crippen molar-refractivity contribution in [3.8, 4) is 0 Å². The van der Waals surface area contributed by atoms with E-state index in [4.69, 9.17) is 4.74 Å². The zero-order chi connectivity index (χ0) is 15.9. The molecule has 2 aliphatic carbocycles. The van der Waals surface area contributed by atoms with E-state index in [0.717, 1.165) is 30.6 Å². The number of hydrogen-bond acceptors (Lipinski definition) is 2. The maximum Gasteiger partial charge on any atom is 0.314 e. The van der Waals surface area contributed by atoms with Crippen LogP contribution in [0.15, 0.2) is 37.1 Å². The van der Waals surface area contributed by atoms with E-state index < -0.39 is 0 Å². The molecule has 2 nitrogen and oxygen atoms in total. The molecule has 0 heterocycles. The van der Waals surface area contributed by atoms with E-state index >= 15 is 0 Å². The third-order valence-electron chi connectivity index (χ3n) is 5.48. The lowest BCUT2D eigenvalue weighted by Gasteiger charge is -2.36. The maximum absolute atomic E-state index is 12.2. The van der Waals surface area contributed by atoms with Gasteiger partial charge in [0.2, 0.25) is 0 Å². The van der Waals surface area contributed by atoms with Gasteiger partial charge < -0.3 is 4.74 Å². The van der Waals surface area contributed by atoms with Crippen molar-refractivity contribution in [2.45, 2.75) is 58.3 Å². The Bertz CT molecular complexity index is 419. The SMILES string of the molecule is C=C/C=C\C(=C)OC(=O)C1CCC(C2CCC(C)CC2)CC1. The molecule has 2 saturated carbocycles.